The third-order valence-electron chi connectivity index (χ3n) is 2.05. The number of carbonyl (C=O) groups excluding carboxylic acids is 2. The zero-order chi connectivity index (χ0) is 9.42. The first-order chi connectivity index (χ1) is 6.20. The van der Waals surface area contributed by atoms with Crippen molar-refractivity contribution in [2.45, 2.75) is 6.42 Å². The minimum Gasteiger partial charge on any atom is -0.290 e. The summed E-state index contributed by atoms with van der Waals surface area (Å²) in [6, 6.07) is 6.97. The van der Waals surface area contributed by atoms with Gasteiger partial charge in [0.1, 0.15) is 0 Å². The van der Waals surface area contributed by atoms with Gasteiger partial charge in [-0.15, -0.1) is 0 Å². The van der Waals surface area contributed by atoms with Crippen LogP contribution in [0, 0.1) is 0 Å². The van der Waals surface area contributed by atoms with Crippen molar-refractivity contribution in [3.63, 3.8) is 0 Å². The summed E-state index contributed by atoms with van der Waals surface area (Å²) in [4.78, 5) is 23.1. The third-order valence-corrected chi connectivity index (χ3v) is 2.41. The molecule has 0 unspecified atom stereocenters. The van der Waals surface area contributed by atoms with Crippen LogP contribution in [0.5, 0.6) is 0 Å². The predicted octanol–water partition coefficient (Wildman–Crippen LogP) is 1.56. The van der Waals surface area contributed by atoms with E-state index in [0.29, 0.717) is 10.4 Å². The SMILES string of the molecule is O=C1CC(=S)c2ccccc2C1=O. The molecular weight excluding hydrogens is 184 g/mol. The Morgan fingerprint density at radius 1 is 1.08 bits per heavy atom. The van der Waals surface area contributed by atoms with Crippen molar-refractivity contribution in [1.82, 2.24) is 0 Å². The van der Waals surface area contributed by atoms with Gasteiger partial charge in [-0.2, -0.15) is 0 Å². The number of hydrogen-bond donors (Lipinski definition) is 0. The number of hydrogen-bond acceptors (Lipinski definition) is 3. The van der Waals surface area contributed by atoms with Gasteiger partial charge in [-0.3, -0.25) is 9.59 Å². The number of ketones is 2. The Hall–Kier alpha value is -1.35. The second-order valence-corrected chi connectivity index (χ2v) is 3.39. The van der Waals surface area contributed by atoms with Gasteiger partial charge in [0.25, 0.3) is 0 Å². The molecule has 1 aliphatic rings. The zero-order valence-corrected chi connectivity index (χ0v) is 7.56. The molecule has 0 amide bonds. The summed E-state index contributed by atoms with van der Waals surface area (Å²) in [6.45, 7) is 0. The van der Waals surface area contributed by atoms with Gasteiger partial charge >= 0.3 is 0 Å². The Morgan fingerprint density at radius 3 is 2.38 bits per heavy atom. The minimum absolute atomic E-state index is 0.0885. The van der Waals surface area contributed by atoms with Crippen LogP contribution in [0.25, 0.3) is 0 Å². The van der Waals surface area contributed by atoms with Crippen molar-refractivity contribution in [3.8, 4) is 0 Å². The standard InChI is InChI=1S/C10H6O2S/c11-8-5-9(13)6-3-1-2-4-7(6)10(8)12/h1-4H,5H2. The smallest absolute Gasteiger partial charge is 0.229 e. The molecular formula is C10H6O2S. The number of thiocarbonyl (C=S) groups is 1. The fourth-order valence-electron chi connectivity index (χ4n) is 1.40. The molecule has 1 aromatic carbocycles. The van der Waals surface area contributed by atoms with E-state index in [4.69, 9.17) is 12.2 Å². The summed E-state index contributed by atoms with van der Waals surface area (Å²) in [5, 5.41) is 0. The number of Topliss-reactive ketones (excluding diaryl/α,β-unsaturated/α-hetero) is 2. The molecule has 0 aromatic heterocycles. The summed E-state index contributed by atoms with van der Waals surface area (Å²) < 4.78 is 0. The lowest BCUT2D eigenvalue weighted by Gasteiger charge is -2.13. The molecule has 0 radical (unpaired) electrons. The van der Waals surface area contributed by atoms with Crippen molar-refractivity contribution in [2.24, 2.45) is 0 Å². The van der Waals surface area contributed by atoms with E-state index < -0.39 is 11.6 Å². The topological polar surface area (TPSA) is 34.1 Å². The van der Waals surface area contributed by atoms with E-state index in [9.17, 15) is 9.59 Å². The van der Waals surface area contributed by atoms with Crippen LogP contribution in [0.2, 0.25) is 0 Å². The molecule has 13 heavy (non-hydrogen) atoms. The Bertz CT molecular complexity index is 421. The van der Waals surface area contributed by atoms with E-state index in [1.807, 2.05) is 6.07 Å². The van der Waals surface area contributed by atoms with E-state index in [1.165, 1.54) is 0 Å². The molecule has 0 bridgehead atoms. The quantitative estimate of drug-likeness (QED) is 0.460. The highest BCUT2D eigenvalue weighted by atomic mass is 32.1. The van der Waals surface area contributed by atoms with Gasteiger partial charge in [-0.05, 0) is 0 Å². The Kier molecular flexibility index (Phi) is 1.81. The Labute approximate surface area is 80.6 Å². The Morgan fingerprint density at radius 2 is 1.69 bits per heavy atom. The lowest BCUT2D eigenvalue weighted by atomic mass is 9.90. The normalized spacial score (nSPS) is 15.8. The summed E-state index contributed by atoms with van der Waals surface area (Å²) in [5.41, 5.74) is 1.19. The molecule has 1 aromatic rings. The van der Waals surface area contributed by atoms with Crippen molar-refractivity contribution >= 4 is 28.6 Å². The second kappa shape index (κ2) is 2.85. The average Bonchev–Trinajstić information content (AvgIpc) is 2.15. The summed E-state index contributed by atoms with van der Waals surface area (Å²) in [6.07, 6.45) is 0.0885. The molecule has 0 saturated heterocycles. The maximum atomic E-state index is 11.4. The summed E-state index contributed by atoms with van der Waals surface area (Å²) in [5.74, 6) is -0.812. The second-order valence-electron chi connectivity index (χ2n) is 2.90. The lowest BCUT2D eigenvalue weighted by molar-refractivity contribution is -0.114. The largest absolute Gasteiger partial charge is 0.290 e. The predicted molar refractivity (Wildman–Crippen MR) is 52.1 cm³/mol. The molecule has 2 rings (SSSR count). The van der Waals surface area contributed by atoms with Crippen LogP contribution in [0.15, 0.2) is 24.3 Å². The molecule has 0 spiro atoms. The first-order valence-electron chi connectivity index (χ1n) is 3.90. The number of rotatable bonds is 0. The molecule has 2 nitrogen and oxygen atoms in total. The molecule has 1 aliphatic carbocycles. The fourth-order valence-corrected chi connectivity index (χ4v) is 1.70. The van der Waals surface area contributed by atoms with E-state index in [2.05, 4.69) is 0 Å². The van der Waals surface area contributed by atoms with Gasteiger partial charge in [0.05, 0.1) is 6.42 Å². The van der Waals surface area contributed by atoms with Crippen LogP contribution in [-0.4, -0.2) is 16.4 Å². The van der Waals surface area contributed by atoms with Crippen molar-refractivity contribution < 1.29 is 9.59 Å². The van der Waals surface area contributed by atoms with Crippen LogP contribution >= 0.6 is 12.2 Å². The van der Waals surface area contributed by atoms with E-state index in [-0.39, 0.29) is 6.42 Å². The average molecular weight is 190 g/mol. The van der Waals surface area contributed by atoms with Crippen molar-refractivity contribution in [2.75, 3.05) is 0 Å². The molecule has 64 valence electrons. The third kappa shape index (κ3) is 1.21. The van der Waals surface area contributed by atoms with Gasteiger partial charge in [-0.1, -0.05) is 36.5 Å². The van der Waals surface area contributed by atoms with E-state index in [0.717, 1.165) is 5.56 Å². The molecule has 0 atom stereocenters. The van der Waals surface area contributed by atoms with Crippen LogP contribution in [0.3, 0.4) is 0 Å². The van der Waals surface area contributed by atoms with Crippen molar-refractivity contribution in [1.29, 1.82) is 0 Å². The minimum atomic E-state index is -0.413. The van der Waals surface area contributed by atoms with Crippen LogP contribution in [0.4, 0.5) is 0 Å². The molecule has 3 heteroatoms. The number of benzene rings is 1. The monoisotopic (exact) mass is 190 g/mol. The highest BCUT2D eigenvalue weighted by Gasteiger charge is 2.27. The van der Waals surface area contributed by atoms with Crippen molar-refractivity contribution in [3.05, 3.63) is 35.4 Å². The van der Waals surface area contributed by atoms with Gasteiger partial charge < -0.3 is 0 Å². The van der Waals surface area contributed by atoms with Gasteiger partial charge in [-0.25, -0.2) is 0 Å². The maximum Gasteiger partial charge on any atom is 0.229 e. The van der Waals surface area contributed by atoms with Crippen LogP contribution < -0.4 is 0 Å². The first-order valence-corrected chi connectivity index (χ1v) is 4.31. The lowest BCUT2D eigenvalue weighted by Crippen LogP contribution is -2.25. The summed E-state index contributed by atoms with van der Waals surface area (Å²) in [7, 11) is 0. The molecule has 0 N–H and O–H groups in total. The number of fused-ring (bicyclic) bond motifs is 1. The van der Waals surface area contributed by atoms with Crippen LogP contribution in [0.1, 0.15) is 22.3 Å². The van der Waals surface area contributed by atoms with Crippen LogP contribution in [-0.2, 0) is 4.79 Å². The van der Waals surface area contributed by atoms with E-state index in [1.54, 1.807) is 18.2 Å². The fraction of sp³-hybridized carbons (Fsp3) is 0.100. The highest BCUT2D eigenvalue weighted by Crippen LogP contribution is 2.19. The molecule has 0 heterocycles. The zero-order valence-electron chi connectivity index (χ0n) is 6.74. The molecule has 0 saturated carbocycles. The van der Waals surface area contributed by atoms with Gasteiger partial charge in [0.2, 0.25) is 11.6 Å². The van der Waals surface area contributed by atoms with Gasteiger partial charge in [0.15, 0.2) is 0 Å². The van der Waals surface area contributed by atoms with Gasteiger partial charge in [0, 0.05) is 16.0 Å². The highest BCUT2D eigenvalue weighted by molar-refractivity contribution is 7.81. The Balaban J connectivity index is 2.67. The first kappa shape index (κ1) is 8.26. The van der Waals surface area contributed by atoms with E-state index >= 15 is 0 Å². The maximum absolute atomic E-state index is 11.4. The molecule has 0 aliphatic heterocycles. The molecule has 0 fully saturated rings. The number of carbonyl (C=O) groups is 2. The summed E-state index contributed by atoms with van der Waals surface area (Å²) >= 11 is 5.02.